The largest absolute Gasteiger partial charge is 0.461 e. The van der Waals surface area contributed by atoms with Crippen molar-refractivity contribution in [1.29, 1.82) is 0 Å². The number of thiol groups is 1. The first kappa shape index (κ1) is 12.9. The van der Waals surface area contributed by atoms with E-state index in [-0.39, 0.29) is 17.8 Å². The van der Waals surface area contributed by atoms with Crippen LogP contribution in [0.1, 0.15) is 40.0 Å². The highest BCUT2D eigenvalue weighted by atomic mass is 32.1. The highest BCUT2D eigenvalue weighted by molar-refractivity contribution is 7.81. The van der Waals surface area contributed by atoms with Crippen molar-refractivity contribution in [1.82, 2.24) is 0 Å². The van der Waals surface area contributed by atoms with E-state index in [1.165, 1.54) is 12.8 Å². The normalized spacial score (nSPS) is 31.7. The van der Waals surface area contributed by atoms with E-state index in [9.17, 15) is 4.79 Å². The van der Waals surface area contributed by atoms with Crippen LogP contribution >= 0.6 is 12.6 Å². The maximum atomic E-state index is 11.3. The van der Waals surface area contributed by atoms with Gasteiger partial charge < -0.3 is 4.74 Å². The molecule has 3 heteroatoms. The fraction of sp³-hybridized carbons (Fsp3) is 0.917. The molecule has 0 radical (unpaired) electrons. The lowest BCUT2D eigenvalue weighted by Crippen LogP contribution is -2.36. The zero-order chi connectivity index (χ0) is 11.4. The molecule has 0 saturated heterocycles. The van der Waals surface area contributed by atoms with Crippen LogP contribution in [0.5, 0.6) is 0 Å². The van der Waals surface area contributed by atoms with Crippen molar-refractivity contribution < 1.29 is 9.53 Å². The molecule has 1 aliphatic carbocycles. The van der Waals surface area contributed by atoms with Gasteiger partial charge in [-0.1, -0.05) is 27.2 Å². The maximum absolute atomic E-state index is 11.3. The van der Waals surface area contributed by atoms with Crippen molar-refractivity contribution in [2.45, 2.75) is 46.1 Å². The van der Waals surface area contributed by atoms with Crippen LogP contribution in [0.4, 0.5) is 0 Å². The first-order valence-corrected chi connectivity index (χ1v) is 6.48. The van der Waals surface area contributed by atoms with Gasteiger partial charge in [-0.2, -0.15) is 12.6 Å². The Morgan fingerprint density at radius 2 is 2.13 bits per heavy atom. The molecule has 1 aliphatic rings. The van der Waals surface area contributed by atoms with Crippen molar-refractivity contribution in [2.24, 2.45) is 17.8 Å². The Morgan fingerprint density at radius 3 is 2.67 bits per heavy atom. The highest BCUT2D eigenvalue weighted by Crippen LogP contribution is 2.35. The van der Waals surface area contributed by atoms with E-state index in [1.807, 2.05) is 0 Å². The molecule has 2 nitrogen and oxygen atoms in total. The maximum Gasteiger partial charge on any atom is 0.315 e. The fourth-order valence-corrected chi connectivity index (χ4v) is 2.53. The minimum absolute atomic E-state index is 0.119. The van der Waals surface area contributed by atoms with Crippen molar-refractivity contribution in [2.75, 3.05) is 5.75 Å². The molecular formula is C12H22O2S. The second-order valence-electron chi connectivity index (χ2n) is 5.01. The van der Waals surface area contributed by atoms with E-state index in [0.29, 0.717) is 17.8 Å². The SMILES string of the molecule is CC1CCC(C(C)C)C(OC(=O)CS)C1. The Bertz CT molecular complexity index is 216. The number of rotatable bonds is 3. The fourth-order valence-electron chi connectivity index (χ4n) is 2.46. The van der Waals surface area contributed by atoms with Crippen molar-refractivity contribution in [3.8, 4) is 0 Å². The molecule has 0 aromatic carbocycles. The Morgan fingerprint density at radius 1 is 1.47 bits per heavy atom. The summed E-state index contributed by atoms with van der Waals surface area (Å²) in [6, 6.07) is 0. The van der Waals surface area contributed by atoms with E-state index in [1.54, 1.807) is 0 Å². The average Bonchev–Trinajstić information content (AvgIpc) is 2.17. The third kappa shape index (κ3) is 3.71. The van der Waals surface area contributed by atoms with Gasteiger partial charge in [0.2, 0.25) is 0 Å². The Hall–Kier alpha value is -0.180. The van der Waals surface area contributed by atoms with Crippen molar-refractivity contribution >= 4 is 18.6 Å². The molecular weight excluding hydrogens is 208 g/mol. The quantitative estimate of drug-likeness (QED) is 0.596. The van der Waals surface area contributed by atoms with E-state index < -0.39 is 0 Å². The standard InChI is InChI=1S/C12H22O2S/c1-8(2)10-5-4-9(3)6-11(10)14-12(13)7-15/h8-11,15H,4-7H2,1-3H3. The van der Waals surface area contributed by atoms with Gasteiger partial charge >= 0.3 is 5.97 Å². The summed E-state index contributed by atoms with van der Waals surface area (Å²) in [5, 5.41) is 0. The van der Waals surface area contributed by atoms with Gasteiger partial charge in [0.05, 0.1) is 5.75 Å². The van der Waals surface area contributed by atoms with Gasteiger partial charge in [-0.05, 0) is 30.6 Å². The summed E-state index contributed by atoms with van der Waals surface area (Å²) < 4.78 is 5.47. The molecule has 0 heterocycles. The summed E-state index contributed by atoms with van der Waals surface area (Å²) >= 11 is 3.94. The molecule has 1 fully saturated rings. The van der Waals surface area contributed by atoms with Gasteiger partial charge in [0.15, 0.2) is 0 Å². The number of carbonyl (C=O) groups excluding carboxylic acids is 1. The summed E-state index contributed by atoms with van der Waals surface area (Å²) in [7, 11) is 0. The molecule has 0 aromatic rings. The Balaban J connectivity index is 2.57. The zero-order valence-corrected chi connectivity index (χ0v) is 10.8. The number of esters is 1. The molecule has 3 atom stereocenters. The molecule has 1 rings (SSSR count). The molecule has 0 aromatic heterocycles. The Labute approximate surface area is 98.2 Å². The third-order valence-corrected chi connectivity index (χ3v) is 3.63. The lowest BCUT2D eigenvalue weighted by atomic mass is 9.75. The number of carbonyl (C=O) groups is 1. The summed E-state index contributed by atoms with van der Waals surface area (Å²) in [4.78, 5) is 11.3. The van der Waals surface area contributed by atoms with Crippen LogP contribution in [-0.2, 0) is 9.53 Å². The van der Waals surface area contributed by atoms with E-state index in [2.05, 4.69) is 33.4 Å². The number of hydrogen-bond acceptors (Lipinski definition) is 3. The highest BCUT2D eigenvalue weighted by Gasteiger charge is 2.32. The van der Waals surface area contributed by atoms with E-state index in [4.69, 9.17) is 4.74 Å². The van der Waals surface area contributed by atoms with Crippen LogP contribution in [0.25, 0.3) is 0 Å². The van der Waals surface area contributed by atoms with Crippen molar-refractivity contribution in [3.63, 3.8) is 0 Å². The lowest BCUT2D eigenvalue weighted by molar-refractivity contribution is -0.152. The Kier molecular flexibility index (Phi) is 4.97. The second kappa shape index (κ2) is 5.78. The van der Waals surface area contributed by atoms with E-state index in [0.717, 1.165) is 6.42 Å². The average molecular weight is 230 g/mol. The van der Waals surface area contributed by atoms with Crippen molar-refractivity contribution in [3.05, 3.63) is 0 Å². The zero-order valence-electron chi connectivity index (χ0n) is 9.90. The first-order valence-electron chi connectivity index (χ1n) is 5.85. The molecule has 0 N–H and O–H groups in total. The minimum atomic E-state index is -0.178. The van der Waals surface area contributed by atoms with Gasteiger partial charge in [-0.3, -0.25) is 4.79 Å². The molecule has 15 heavy (non-hydrogen) atoms. The monoisotopic (exact) mass is 230 g/mol. The molecule has 3 unspecified atom stereocenters. The molecule has 0 bridgehead atoms. The van der Waals surface area contributed by atoms with Crippen LogP contribution < -0.4 is 0 Å². The topological polar surface area (TPSA) is 26.3 Å². The van der Waals surface area contributed by atoms with Gasteiger partial charge in [-0.25, -0.2) is 0 Å². The van der Waals surface area contributed by atoms with Crippen LogP contribution in [0.3, 0.4) is 0 Å². The van der Waals surface area contributed by atoms with Crippen LogP contribution in [0.2, 0.25) is 0 Å². The summed E-state index contributed by atoms with van der Waals surface area (Å²) in [5.74, 6) is 1.82. The molecule has 0 spiro atoms. The van der Waals surface area contributed by atoms with Gasteiger partial charge in [0.1, 0.15) is 6.10 Å². The number of hydrogen-bond donors (Lipinski definition) is 1. The first-order chi connectivity index (χ1) is 7.04. The second-order valence-corrected chi connectivity index (χ2v) is 5.33. The predicted octanol–water partition coefficient (Wildman–Crippen LogP) is 2.92. The molecule has 0 amide bonds. The predicted molar refractivity (Wildman–Crippen MR) is 65.1 cm³/mol. The number of ether oxygens (including phenoxy) is 1. The smallest absolute Gasteiger partial charge is 0.315 e. The van der Waals surface area contributed by atoms with Crippen LogP contribution in [-0.4, -0.2) is 17.8 Å². The van der Waals surface area contributed by atoms with Gasteiger partial charge in [0, 0.05) is 0 Å². The minimum Gasteiger partial charge on any atom is -0.461 e. The van der Waals surface area contributed by atoms with Crippen LogP contribution in [0, 0.1) is 17.8 Å². The lowest BCUT2D eigenvalue weighted by Gasteiger charge is -2.36. The molecule has 1 saturated carbocycles. The molecule has 0 aliphatic heterocycles. The summed E-state index contributed by atoms with van der Waals surface area (Å²) in [5.41, 5.74) is 0. The van der Waals surface area contributed by atoms with Gasteiger partial charge in [-0.15, -0.1) is 0 Å². The van der Waals surface area contributed by atoms with Gasteiger partial charge in [0.25, 0.3) is 0 Å². The summed E-state index contributed by atoms with van der Waals surface area (Å²) in [6.07, 6.45) is 3.58. The summed E-state index contributed by atoms with van der Waals surface area (Å²) in [6.45, 7) is 6.66. The van der Waals surface area contributed by atoms with E-state index >= 15 is 0 Å². The third-order valence-electron chi connectivity index (χ3n) is 3.37. The molecule has 88 valence electrons. The van der Waals surface area contributed by atoms with Crippen LogP contribution in [0.15, 0.2) is 0 Å².